The molecule has 0 radical (unpaired) electrons. The molecule has 0 spiro atoms. The Balaban J connectivity index is 1.73. The smallest absolute Gasteiger partial charge is 0.232 e. The normalized spacial score (nSPS) is 15.1. The Hall–Kier alpha value is -3.32. The molecule has 3 aromatic rings. The summed E-state index contributed by atoms with van der Waals surface area (Å²) in [5.74, 6) is 1.20. The molecule has 33 heavy (non-hydrogen) atoms. The Morgan fingerprint density at radius 3 is 2.52 bits per heavy atom. The summed E-state index contributed by atoms with van der Waals surface area (Å²) in [7, 11) is 3.21. The minimum Gasteiger partial charge on any atom is -0.493 e. The third-order valence-electron chi connectivity index (χ3n) is 6.26. The largest absolute Gasteiger partial charge is 0.493 e. The van der Waals surface area contributed by atoms with Gasteiger partial charge in [-0.3, -0.25) is 9.89 Å². The fourth-order valence-electron chi connectivity index (χ4n) is 4.42. The van der Waals surface area contributed by atoms with Gasteiger partial charge < -0.3 is 19.5 Å². The third kappa shape index (κ3) is 4.88. The highest BCUT2D eigenvalue weighted by Gasteiger charge is 2.28. The summed E-state index contributed by atoms with van der Waals surface area (Å²) in [4.78, 5) is 13.5. The van der Waals surface area contributed by atoms with Crippen LogP contribution in [0.2, 0.25) is 0 Å². The molecule has 1 aliphatic heterocycles. The van der Waals surface area contributed by atoms with Crippen molar-refractivity contribution in [3.63, 3.8) is 0 Å². The molecule has 1 fully saturated rings. The van der Waals surface area contributed by atoms with Gasteiger partial charge in [-0.15, -0.1) is 0 Å². The monoisotopic (exact) mass is 449 g/mol. The maximum absolute atomic E-state index is 13.5. The quantitative estimate of drug-likeness (QED) is 0.499. The van der Waals surface area contributed by atoms with Crippen LogP contribution in [0.3, 0.4) is 0 Å². The molecule has 2 heterocycles. The van der Waals surface area contributed by atoms with E-state index in [1.54, 1.807) is 14.2 Å². The van der Waals surface area contributed by atoms with Gasteiger partial charge in [0.25, 0.3) is 0 Å². The Labute approximate surface area is 194 Å². The molecule has 4 rings (SSSR count). The van der Waals surface area contributed by atoms with Crippen LogP contribution in [0.1, 0.15) is 49.3 Å². The number of aromatic amines is 1. The molecule has 7 heteroatoms. The van der Waals surface area contributed by atoms with Crippen molar-refractivity contribution >= 4 is 11.6 Å². The van der Waals surface area contributed by atoms with E-state index in [9.17, 15) is 4.79 Å². The predicted octanol–water partition coefficient (Wildman–Crippen LogP) is 5.12. The van der Waals surface area contributed by atoms with Crippen LogP contribution in [0.25, 0.3) is 11.3 Å². The summed E-state index contributed by atoms with van der Waals surface area (Å²) in [5, 5.41) is 11.1. The number of H-pyrrole nitrogens is 1. The molecule has 174 valence electrons. The number of carbonyl (C=O) groups excluding carboxylic acids is 1. The highest BCUT2D eigenvalue weighted by atomic mass is 16.5. The van der Waals surface area contributed by atoms with Gasteiger partial charge >= 0.3 is 0 Å². The fourth-order valence-corrected chi connectivity index (χ4v) is 4.42. The van der Waals surface area contributed by atoms with Gasteiger partial charge in [-0.1, -0.05) is 37.3 Å². The lowest BCUT2D eigenvalue weighted by molar-refractivity contribution is -0.117. The number of nitrogens with zero attached hydrogens (tertiary/aromatic N) is 1. The summed E-state index contributed by atoms with van der Waals surface area (Å²) in [6, 6.07) is 15.5. The first kappa shape index (κ1) is 22.9. The molecule has 7 nitrogen and oxygen atoms in total. The minimum atomic E-state index is -0.248. The number of methoxy groups -OCH3 is 2. The second kappa shape index (κ2) is 10.5. The first-order valence-electron chi connectivity index (χ1n) is 11.4. The van der Waals surface area contributed by atoms with E-state index in [0.717, 1.165) is 35.3 Å². The first-order valence-corrected chi connectivity index (χ1v) is 11.4. The highest BCUT2D eigenvalue weighted by Crippen LogP contribution is 2.40. The lowest BCUT2D eigenvalue weighted by atomic mass is 9.93. The molecule has 2 N–H and O–H groups in total. The number of hydrogen-bond acceptors (Lipinski definition) is 5. The Kier molecular flexibility index (Phi) is 7.29. The number of benzene rings is 2. The van der Waals surface area contributed by atoms with E-state index in [1.807, 2.05) is 55.5 Å². The van der Waals surface area contributed by atoms with Crippen LogP contribution < -0.4 is 14.8 Å². The van der Waals surface area contributed by atoms with Crippen molar-refractivity contribution in [1.29, 1.82) is 0 Å². The fraction of sp³-hybridized carbons (Fsp3) is 0.385. The SMILES string of the molecule is CC[C@@H](C(=O)Nc1c(-c2ccc(OC)c(OC)c2)n[nH]c1C1CCOCC1)c1ccccc1. The van der Waals surface area contributed by atoms with Crippen LogP contribution in [-0.4, -0.2) is 43.5 Å². The van der Waals surface area contributed by atoms with Crippen molar-refractivity contribution in [1.82, 2.24) is 10.2 Å². The van der Waals surface area contributed by atoms with Crippen LogP contribution in [0.5, 0.6) is 11.5 Å². The number of carbonyl (C=O) groups is 1. The van der Waals surface area contributed by atoms with Gasteiger partial charge in [0, 0.05) is 24.7 Å². The summed E-state index contributed by atoms with van der Waals surface area (Å²) < 4.78 is 16.4. The lowest BCUT2D eigenvalue weighted by Crippen LogP contribution is -2.22. The second-order valence-electron chi connectivity index (χ2n) is 8.18. The molecule has 1 aromatic heterocycles. The number of rotatable bonds is 8. The summed E-state index contributed by atoms with van der Waals surface area (Å²) in [6.45, 7) is 3.43. The van der Waals surface area contributed by atoms with Crippen molar-refractivity contribution in [3.8, 4) is 22.8 Å². The number of hydrogen-bond donors (Lipinski definition) is 2. The van der Waals surface area contributed by atoms with E-state index in [-0.39, 0.29) is 17.7 Å². The van der Waals surface area contributed by atoms with Crippen LogP contribution in [0.4, 0.5) is 5.69 Å². The van der Waals surface area contributed by atoms with E-state index in [4.69, 9.17) is 14.2 Å². The number of amides is 1. The maximum atomic E-state index is 13.5. The van der Waals surface area contributed by atoms with E-state index in [2.05, 4.69) is 15.5 Å². The molecular formula is C26H31N3O4. The average molecular weight is 450 g/mol. The molecular weight excluding hydrogens is 418 g/mol. The minimum absolute atomic E-state index is 0.0415. The first-order chi connectivity index (χ1) is 16.2. The Morgan fingerprint density at radius 1 is 1.12 bits per heavy atom. The number of aromatic nitrogens is 2. The van der Waals surface area contributed by atoms with E-state index >= 15 is 0 Å². The van der Waals surface area contributed by atoms with Crippen LogP contribution in [0, 0.1) is 0 Å². The van der Waals surface area contributed by atoms with Crippen molar-refractivity contribution in [2.45, 2.75) is 38.0 Å². The Bertz CT molecular complexity index is 1070. The molecule has 1 atom stereocenters. The van der Waals surface area contributed by atoms with Crippen LogP contribution in [0.15, 0.2) is 48.5 Å². The van der Waals surface area contributed by atoms with Gasteiger partial charge in [-0.2, -0.15) is 5.10 Å². The van der Waals surface area contributed by atoms with E-state index in [1.165, 1.54) is 0 Å². The summed E-state index contributed by atoms with van der Waals surface area (Å²) in [6.07, 6.45) is 2.46. The molecule has 1 amide bonds. The number of nitrogens with one attached hydrogen (secondary N) is 2. The average Bonchev–Trinajstić information content (AvgIpc) is 3.28. The standard InChI is InChI=1S/C26H31N3O4/c1-4-20(17-8-6-5-7-9-17)26(30)27-25-23(18-12-14-33-15-13-18)28-29-24(25)19-10-11-21(31-2)22(16-19)32-3/h5-11,16,18,20H,4,12-15H2,1-3H3,(H,27,30)(H,28,29)/t20-/m1/s1. The molecule has 1 saturated heterocycles. The van der Waals surface area contributed by atoms with Gasteiger partial charge in [0.1, 0.15) is 5.69 Å². The zero-order valence-electron chi connectivity index (χ0n) is 19.4. The van der Waals surface area contributed by atoms with Crippen LogP contribution >= 0.6 is 0 Å². The van der Waals surface area contributed by atoms with Crippen molar-refractivity contribution in [2.24, 2.45) is 0 Å². The van der Waals surface area contributed by atoms with Crippen molar-refractivity contribution in [2.75, 3.05) is 32.8 Å². The third-order valence-corrected chi connectivity index (χ3v) is 6.26. The van der Waals surface area contributed by atoms with Crippen LogP contribution in [-0.2, 0) is 9.53 Å². The van der Waals surface area contributed by atoms with Crippen molar-refractivity contribution < 1.29 is 19.0 Å². The zero-order chi connectivity index (χ0) is 23.2. The number of anilines is 1. The molecule has 0 bridgehead atoms. The van der Waals surface area contributed by atoms with Gasteiger partial charge in [0.2, 0.25) is 5.91 Å². The van der Waals surface area contributed by atoms with Gasteiger partial charge in [-0.25, -0.2) is 0 Å². The summed E-state index contributed by atoms with van der Waals surface area (Å²) in [5.41, 5.74) is 4.20. The van der Waals surface area contributed by atoms with Gasteiger partial charge in [0.05, 0.1) is 31.5 Å². The Morgan fingerprint density at radius 2 is 1.85 bits per heavy atom. The molecule has 2 aromatic carbocycles. The molecule has 1 aliphatic rings. The molecule has 0 aliphatic carbocycles. The molecule has 0 unspecified atom stereocenters. The second-order valence-corrected chi connectivity index (χ2v) is 8.18. The van der Waals surface area contributed by atoms with E-state index in [0.29, 0.717) is 36.8 Å². The maximum Gasteiger partial charge on any atom is 0.232 e. The van der Waals surface area contributed by atoms with Crippen molar-refractivity contribution in [3.05, 3.63) is 59.8 Å². The highest BCUT2D eigenvalue weighted by molar-refractivity contribution is 5.99. The molecule has 0 saturated carbocycles. The van der Waals surface area contributed by atoms with E-state index < -0.39 is 0 Å². The lowest BCUT2D eigenvalue weighted by Gasteiger charge is -2.23. The summed E-state index contributed by atoms with van der Waals surface area (Å²) >= 11 is 0. The predicted molar refractivity (Wildman–Crippen MR) is 128 cm³/mol. The number of ether oxygens (including phenoxy) is 3. The van der Waals surface area contributed by atoms with Gasteiger partial charge in [0.15, 0.2) is 11.5 Å². The topological polar surface area (TPSA) is 85.5 Å². The zero-order valence-corrected chi connectivity index (χ0v) is 19.4. The van der Waals surface area contributed by atoms with Gasteiger partial charge in [-0.05, 0) is 43.0 Å².